The molecular weight excluding hydrogens is 270 g/mol. The van der Waals surface area contributed by atoms with Crippen LogP contribution in [0.3, 0.4) is 0 Å². The Kier molecular flexibility index (Phi) is 2.67. The molecule has 0 saturated carbocycles. The number of fused-ring (bicyclic) bond motifs is 3. The van der Waals surface area contributed by atoms with E-state index in [0.717, 1.165) is 0 Å². The summed E-state index contributed by atoms with van der Waals surface area (Å²) in [6.45, 7) is 6.52. The van der Waals surface area contributed by atoms with Gasteiger partial charge >= 0.3 is 5.78 Å². The van der Waals surface area contributed by atoms with Gasteiger partial charge in [-0.05, 0) is 44.0 Å². The number of aromatic nitrogens is 3. The molecule has 2 heterocycles. The lowest BCUT2D eigenvalue weighted by Crippen LogP contribution is -2.18. The van der Waals surface area contributed by atoms with Crippen LogP contribution in [0, 0.1) is 20.8 Å². The Morgan fingerprint density at radius 1 is 0.864 bits per heavy atom. The molecule has 0 fully saturated rings. The van der Waals surface area contributed by atoms with Gasteiger partial charge in [-0.1, -0.05) is 30.3 Å². The summed E-state index contributed by atoms with van der Waals surface area (Å²) in [4.78, 5) is 0. The summed E-state index contributed by atoms with van der Waals surface area (Å²) >= 11 is 0. The lowest BCUT2D eigenvalue weighted by molar-refractivity contribution is -0.480. The summed E-state index contributed by atoms with van der Waals surface area (Å²) in [6.07, 6.45) is 2.21. The van der Waals surface area contributed by atoms with Gasteiger partial charge in [0.25, 0.3) is 0 Å². The molecule has 4 rings (SSSR count). The molecule has 0 N–H and O–H groups in total. The van der Waals surface area contributed by atoms with Gasteiger partial charge in [0.15, 0.2) is 0 Å². The van der Waals surface area contributed by atoms with Crippen molar-refractivity contribution in [3.05, 3.63) is 65.5 Å². The lowest BCUT2D eigenvalue weighted by atomic mass is 10.1. The average Bonchev–Trinajstić information content (AvgIpc) is 2.96. The van der Waals surface area contributed by atoms with Crippen LogP contribution in [-0.4, -0.2) is 9.13 Å². The highest BCUT2D eigenvalue weighted by molar-refractivity contribution is 5.79. The first kappa shape index (κ1) is 13.1. The van der Waals surface area contributed by atoms with Crippen molar-refractivity contribution in [3.63, 3.8) is 0 Å². The van der Waals surface area contributed by atoms with Gasteiger partial charge in [-0.3, -0.25) is 0 Å². The van der Waals surface area contributed by atoms with Crippen molar-refractivity contribution in [1.29, 1.82) is 0 Å². The summed E-state index contributed by atoms with van der Waals surface area (Å²) in [7, 11) is 2.13. The highest BCUT2D eigenvalue weighted by atomic mass is 15.3. The summed E-state index contributed by atoms with van der Waals surface area (Å²) in [5.41, 5.74) is 7.60. The Balaban J connectivity index is 2.29. The standard InChI is InChI=1S/C19H20N3/c1-13-8-7-9-14(2)18(13)22-17-11-6-5-10-16(17)21-12-15(3)20(4)19(21)22/h5-12H,1-4H3/q+1. The van der Waals surface area contributed by atoms with Crippen LogP contribution in [0.1, 0.15) is 16.8 Å². The molecule has 2 aromatic carbocycles. The van der Waals surface area contributed by atoms with Crippen LogP contribution in [0.15, 0.2) is 48.7 Å². The van der Waals surface area contributed by atoms with Crippen molar-refractivity contribution in [2.75, 3.05) is 0 Å². The van der Waals surface area contributed by atoms with Crippen LogP contribution in [0.5, 0.6) is 0 Å². The van der Waals surface area contributed by atoms with Crippen LogP contribution in [-0.2, 0) is 7.05 Å². The number of benzene rings is 2. The Morgan fingerprint density at radius 2 is 1.55 bits per heavy atom. The van der Waals surface area contributed by atoms with E-state index in [2.05, 4.69) is 90.0 Å². The second-order valence-corrected chi connectivity index (χ2v) is 6.06. The molecule has 0 aliphatic carbocycles. The minimum absolute atomic E-state index is 1.19. The van der Waals surface area contributed by atoms with Crippen molar-refractivity contribution in [2.24, 2.45) is 7.05 Å². The molecule has 3 heteroatoms. The number of imidazole rings is 2. The molecule has 0 spiro atoms. The zero-order chi connectivity index (χ0) is 15.4. The van der Waals surface area contributed by atoms with E-state index in [1.54, 1.807) is 0 Å². The van der Waals surface area contributed by atoms with Crippen molar-refractivity contribution in [2.45, 2.75) is 20.8 Å². The summed E-state index contributed by atoms with van der Waals surface area (Å²) in [5.74, 6) is 1.19. The average molecular weight is 290 g/mol. The zero-order valence-corrected chi connectivity index (χ0v) is 13.5. The molecule has 0 aliphatic heterocycles. The second-order valence-electron chi connectivity index (χ2n) is 6.06. The van der Waals surface area contributed by atoms with E-state index in [1.165, 1.54) is 39.3 Å². The van der Waals surface area contributed by atoms with Crippen molar-refractivity contribution in [1.82, 2.24) is 9.13 Å². The fourth-order valence-electron chi connectivity index (χ4n) is 3.43. The quantitative estimate of drug-likeness (QED) is 0.475. The minimum Gasteiger partial charge on any atom is -0.234 e. The summed E-state index contributed by atoms with van der Waals surface area (Å²) < 4.78 is 6.93. The molecule has 22 heavy (non-hydrogen) atoms. The molecule has 0 unspecified atom stereocenters. The SMILES string of the molecule is Cc1cccc(C)c1-n1c2ccccc2[n+]2cc(C)n(C)c12. The first-order chi connectivity index (χ1) is 10.6. The number of aryl methyl sites for hydroxylation is 4. The van der Waals surface area contributed by atoms with Crippen molar-refractivity contribution >= 4 is 16.8 Å². The number of hydrogen-bond acceptors (Lipinski definition) is 0. The molecule has 110 valence electrons. The lowest BCUT2D eigenvalue weighted by Gasteiger charge is -2.08. The molecular formula is C19H20N3+. The number of nitrogens with zero attached hydrogens (tertiary/aromatic N) is 3. The first-order valence-corrected chi connectivity index (χ1v) is 7.63. The van der Waals surface area contributed by atoms with Gasteiger partial charge in [0, 0.05) is 0 Å². The van der Waals surface area contributed by atoms with E-state index in [4.69, 9.17) is 0 Å². The Bertz CT molecular complexity index is 998. The van der Waals surface area contributed by atoms with Crippen LogP contribution in [0.2, 0.25) is 0 Å². The third-order valence-corrected chi connectivity index (χ3v) is 4.61. The number of rotatable bonds is 1. The maximum absolute atomic E-state index is 2.38. The number of hydrogen-bond donors (Lipinski definition) is 0. The molecule has 0 amide bonds. The van der Waals surface area contributed by atoms with Gasteiger partial charge in [-0.15, -0.1) is 0 Å². The Morgan fingerprint density at radius 3 is 2.27 bits per heavy atom. The monoisotopic (exact) mass is 290 g/mol. The van der Waals surface area contributed by atoms with E-state index in [-0.39, 0.29) is 0 Å². The fourth-order valence-corrected chi connectivity index (χ4v) is 3.43. The minimum atomic E-state index is 1.19. The molecule has 3 nitrogen and oxygen atoms in total. The second kappa shape index (κ2) is 4.47. The zero-order valence-electron chi connectivity index (χ0n) is 13.5. The maximum Gasteiger partial charge on any atom is 0.375 e. The van der Waals surface area contributed by atoms with Gasteiger partial charge in [0.1, 0.15) is 28.6 Å². The predicted molar refractivity (Wildman–Crippen MR) is 89.6 cm³/mol. The molecule has 0 bridgehead atoms. The highest BCUT2D eigenvalue weighted by Gasteiger charge is 2.25. The van der Waals surface area contributed by atoms with E-state index in [9.17, 15) is 0 Å². The molecule has 0 atom stereocenters. The van der Waals surface area contributed by atoms with Crippen LogP contribution >= 0.6 is 0 Å². The molecule has 4 aromatic rings. The van der Waals surface area contributed by atoms with Crippen molar-refractivity contribution < 1.29 is 4.40 Å². The third kappa shape index (κ3) is 1.59. The summed E-state index contributed by atoms with van der Waals surface area (Å²) in [6, 6.07) is 15.1. The van der Waals surface area contributed by atoms with Gasteiger partial charge in [0.05, 0.1) is 7.05 Å². The number of para-hydroxylation sites is 3. The maximum atomic E-state index is 2.38. The van der Waals surface area contributed by atoms with Crippen LogP contribution < -0.4 is 4.40 Å². The van der Waals surface area contributed by atoms with Crippen LogP contribution in [0.4, 0.5) is 0 Å². The topological polar surface area (TPSA) is 14.0 Å². The Labute approximate surface area is 130 Å². The normalized spacial score (nSPS) is 11.6. The Hall–Kier alpha value is -2.55. The third-order valence-electron chi connectivity index (χ3n) is 4.61. The van der Waals surface area contributed by atoms with Crippen molar-refractivity contribution in [3.8, 4) is 5.69 Å². The van der Waals surface area contributed by atoms with E-state index in [0.29, 0.717) is 0 Å². The van der Waals surface area contributed by atoms with Gasteiger partial charge in [-0.25, -0.2) is 4.57 Å². The van der Waals surface area contributed by atoms with E-state index in [1.807, 2.05) is 0 Å². The van der Waals surface area contributed by atoms with E-state index < -0.39 is 0 Å². The molecule has 2 aromatic heterocycles. The van der Waals surface area contributed by atoms with E-state index >= 15 is 0 Å². The smallest absolute Gasteiger partial charge is 0.234 e. The molecule has 0 saturated heterocycles. The fraction of sp³-hybridized carbons (Fsp3) is 0.211. The van der Waals surface area contributed by atoms with Gasteiger partial charge in [0.2, 0.25) is 0 Å². The first-order valence-electron chi connectivity index (χ1n) is 7.63. The predicted octanol–water partition coefficient (Wildman–Crippen LogP) is 3.63. The largest absolute Gasteiger partial charge is 0.375 e. The highest BCUT2D eigenvalue weighted by Crippen LogP contribution is 2.26. The molecule has 0 radical (unpaired) electrons. The molecule has 0 aliphatic rings. The van der Waals surface area contributed by atoms with Gasteiger partial charge in [-0.2, -0.15) is 8.97 Å². The summed E-state index contributed by atoms with van der Waals surface area (Å²) in [5, 5.41) is 0. The van der Waals surface area contributed by atoms with Crippen LogP contribution in [0.25, 0.3) is 22.5 Å². The van der Waals surface area contributed by atoms with Gasteiger partial charge < -0.3 is 0 Å².